The molecule has 0 aliphatic carbocycles. The summed E-state index contributed by atoms with van der Waals surface area (Å²) in [6, 6.07) is 10.3. The molecule has 0 aliphatic heterocycles. The second-order valence-electron chi connectivity index (χ2n) is 5.66. The monoisotopic (exact) mass is 351 g/mol. The van der Waals surface area contributed by atoms with Crippen LogP contribution in [0.1, 0.15) is 16.1 Å². The number of amides is 1. The highest BCUT2D eigenvalue weighted by Gasteiger charge is 2.24. The molecule has 0 radical (unpaired) electrons. The van der Waals surface area contributed by atoms with Crippen LogP contribution >= 0.6 is 0 Å². The average molecular weight is 351 g/mol. The Morgan fingerprint density at radius 1 is 1.33 bits per heavy atom. The number of nitrogens with two attached hydrogens (primary N) is 1. The van der Waals surface area contributed by atoms with Crippen molar-refractivity contribution < 1.29 is 18.3 Å². The molecule has 0 saturated carbocycles. The first kappa shape index (κ1) is 18.2. The number of aliphatic hydroxyl groups is 1. The minimum absolute atomic E-state index is 0.120. The van der Waals surface area contributed by atoms with Gasteiger partial charge in [0.05, 0.1) is 12.6 Å². The van der Waals surface area contributed by atoms with Crippen molar-refractivity contribution in [2.75, 3.05) is 13.7 Å². The summed E-state index contributed by atoms with van der Waals surface area (Å²) in [6.07, 6.45) is 1.79. The molecule has 0 saturated heterocycles. The Hall–Kier alpha value is -2.16. The van der Waals surface area contributed by atoms with E-state index in [1.807, 2.05) is 30.3 Å². The van der Waals surface area contributed by atoms with Crippen molar-refractivity contribution in [3.8, 4) is 0 Å². The number of rotatable bonds is 6. The normalized spacial score (nSPS) is 12.8. The highest BCUT2D eigenvalue weighted by Crippen LogP contribution is 2.16. The lowest BCUT2D eigenvalue weighted by atomic mass is 10.1. The maximum absolute atomic E-state index is 12.7. The maximum Gasteiger partial charge on any atom is 0.270 e. The lowest BCUT2D eigenvalue weighted by molar-refractivity contribution is 0.0650. The second kappa shape index (κ2) is 7.16. The molecule has 1 aromatic carbocycles. The van der Waals surface area contributed by atoms with Crippen molar-refractivity contribution in [3.05, 3.63) is 53.9 Å². The molecule has 1 heterocycles. The van der Waals surface area contributed by atoms with E-state index in [4.69, 9.17) is 5.14 Å². The molecule has 8 heteroatoms. The Kier molecular flexibility index (Phi) is 5.43. The third-order valence-corrected chi connectivity index (χ3v) is 4.80. The molecular weight excluding hydrogens is 330 g/mol. The van der Waals surface area contributed by atoms with Gasteiger partial charge in [-0.05, 0) is 18.1 Å². The predicted molar refractivity (Wildman–Crippen MR) is 89.9 cm³/mol. The highest BCUT2D eigenvalue weighted by molar-refractivity contribution is 7.89. The number of carbonyl (C=O) groups excluding carboxylic acids is 1. The number of likely N-dealkylation sites (N-methyl/N-ethyl adjacent to an activating group) is 1. The summed E-state index contributed by atoms with van der Waals surface area (Å²) in [5, 5.41) is 14.7. The van der Waals surface area contributed by atoms with Gasteiger partial charge < -0.3 is 14.6 Å². The fourth-order valence-corrected chi connectivity index (χ4v) is 3.04. The van der Waals surface area contributed by atoms with Crippen LogP contribution in [0.5, 0.6) is 0 Å². The molecule has 0 fully saturated rings. The van der Waals surface area contributed by atoms with Crippen molar-refractivity contribution in [2.24, 2.45) is 12.2 Å². The van der Waals surface area contributed by atoms with Gasteiger partial charge in [-0.15, -0.1) is 0 Å². The third-order valence-electron chi connectivity index (χ3n) is 3.92. The van der Waals surface area contributed by atoms with Gasteiger partial charge in [-0.2, -0.15) is 0 Å². The van der Waals surface area contributed by atoms with E-state index in [1.54, 1.807) is 14.1 Å². The Morgan fingerprint density at radius 2 is 1.96 bits per heavy atom. The maximum atomic E-state index is 12.7. The fourth-order valence-electron chi connectivity index (χ4n) is 2.46. The number of hydrogen-bond donors (Lipinski definition) is 2. The van der Waals surface area contributed by atoms with Gasteiger partial charge in [0, 0.05) is 20.3 Å². The van der Waals surface area contributed by atoms with Crippen LogP contribution < -0.4 is 5.14 Å². The molecular formula is C16H21N3O4S. The van der Waals surface area contributed by atoms with Gasteiger partial charge >= 0.3 is 0 Å². The van der Waals surface area contributed by atoms with Gasteiger partial charge in [0.1, 0.15) is 10.6 Å². The first-order valence-electron chi connectivity index (χ1n) is 7.35. The zero-order valence-corrected chi connectivity index (χ0v) is 14.4. The van der Waals surface area contributed by atoms with E-state index in [2.05, 4.69) is 0 Å². The number of aryl methyl sites for hydroxylation is 1. The summed E-state index contributed by atoms with van der Waals surface area (Å²) in [5.74, 6) is -0.387. The molecule has 24 heavy (non-hydrogen) atoms. The Labute approximate surface area is 141 Å². The van der Waals surface area contributed by atoms with Crippen molar-refractivity contribution in [3.63, 3.8) is 0 Å². The van der Waals surface area contributed by atoms with Gasteiger partial charge in [-0.1, -0.05) is 30.3 Å². The summed E-state index contributed by atoms with van der Waals surface area (Å²) >= 11 is 0. The smallest absolute Gasteiger partial charge is 0.270 e. The standard InChI is InChI=1S/C16H21N3O4S/c1-18-10-14(24(17,22)23)9-15(18)16(21)19(2)13(11-20)8-12-6-4-3-5-7-12/h3-7,9-10,13,20H,8,11H2,1-2H3,(H2,17,22,23). The predicted octanol–water partition coefficient (Wildman–Crippen LogP) is 0.348. The quantitative estimate of drug-likeness (QED) is 0.783. The average Bonchev–Trinajstić information content (AvgIpc) is 2.94. The van der Waals surface area contributed by atoms with Crippen molar-refractivity contribution >= 4 is 15.9 Å². The fraction of sp³-hybridized carbons (Fsp3) is 0.312. The van der Waals surface area contributed by atoms with E-state index < -0.39 is 16.1 Å². The van der Waals surface area contributed by atoms with Crippen LogP contribution in [-0.4, -0.2) is 48.6 Å². The second-order valence-corrected chi connectivity index (χ2v) is 7.22. The van der Waals surface area contributed by atoms with Gasteiger partial charge in [0.25, 0.3) is 5.91 Å². The van der Waals surface area contributed by atoms with Crippen molar-refractivity contribution in [2.45, 2.75) is 17.4 Å². The molecule has 0 bridgehead atoms. The number of sulfonamides is 1. The SMILES string of the molecule is CN(C(=O)c1cc(S(N)(=O)=O)cn1C)C(CO)Cc1ccccc1. The Balaban J connectivity index is 2.23. The van der Waals surface area contributed by atoms with Gasteiger partial charge in [-0.25, -0.2) is 13.6 Å². The van der Waals surface area contributed by atoms with Gasteiger partial charge in [-0.3, -0.25) is 4.79 Å². The lowest BCUT2D eigenvalue weighted by Gasteiger charge is -2.27. The van der Waals surface area contributed by atoms with E-state index in [0.717, 1.165) is 5.56 Å². The first-order chi connectivity index (χ1) is 11.2. The summed E-state index contributed by atoms with van der Waals surface area (Å²) < 4.78 is 24.3. The number of hydrogen-bond acceptors (Lipinski definition) is 4. The topological polar surface area (TPSA) is 106 Å². The molecule has 2 rings (SSSR count). The van der Waals surface area contributed by atoms with E-state index in [0.29, 0.717) is 6.42 Å². The van der Waals surface area contributed by atoms with Crippen LogP contribution in [0.15, 0.2) is 47.5 Å². The summed E-state index contributed by atoms with van der Waals surface area (Å²) in [7, 11) is -0.730. The number of benzene rings is 1. The van der Waals surface area contributed by atoms with E-state index in [1.165, 1.54) is 21.7 Å². The molecule has 1 unspecified atom stereocenters. The van der Waals surface area contributed by atoms with E-state index in [-0.39, 0.29) is 23.1 Å². The molecule has 7 nitrogen and oxygen atoms in total. The van der Waals surface area contributed by atoms with Crippen LogP contribution in [0.4, 0.5) is 0 Å². The molecule has 0 aliphatic rings. The largest absolute Gasteiger partial charge is 0.394 e. The summed E-state index contributed by atoms with van der Waals surface area (Å²) in [4.78, 5) is 13.9. The number of aromatic nitrogens is 1. The number of nitrogens with zero attached hydrogens (tertiary/aromatic N) is 2. The molecule has 130 valence electrons. The Morgan fingerprint density at radius 3 is 2.46 bits per heavy atom. The third kappa shape index (κ3) is 4.02. The minimum Gasteiger partial charge on any atom is -0.394 e. The van der Waals surface area contributed by atoms with E-state index >= 15 is 0 Å². The number of carbonyl (C=O) groups is 1. The highest BCUT2D eigenvalue weighted by atomic mass is 32.2. The number of aliphatic hydroxyl groups excluding tert-OH is 1. The van der Waals surface area contributed by atoms with Crippen molar-refractivity contribution in [1.29, 1.82) is 0 Å². The molecule has 0 spiro atoms. The molecule has 2 aromatic rings. The zero-order chi connectivity index (χ0) is 17.9. The first-order valence-corrected chi connectivity index (χ1v) is 8.89. The minimum atomic E-state index is -3.88. The lowest BCUT2D eigenvalue weighted by Crippen LogP contribution is -2.41. The van der Waals surface area contributed by atoms with Crippen molar-refractivity contribution in [1.82, 2.24) is 9.47 Å². The summed E-state index contributed by atoms with van der Waals surface area (Å²) in [6.45, 7) is -0.205. The van der Waals surface area contributed by atoms with Crippen LogP contribution in [0, 0.1) is 0 Å². The van der Waals surface area contributed by atoms with Crippen LogP contribution in [0.3, 0.4) is 0 Å². The van der Waals surface area contributed by atoms with Crippen LogP contribution in [-0.2, 0) is 23.5 Å². The molecule has 1 amide bonds. The zero-order valence-electron chi connectivity index (χ0n) is 13.6. The molecule has 1 atom stereocenters. The van der Waals surface area contributed by atoms with Crippen LogP contribution in [0.2, 0.25) is 0 Å². The molecule has 1 aromatic heterocycles. The van der Waals surface area contributed by atoms with Gasteiger partial charge in [0.15, 0.2) is 0 Å². The van der Waals surface area contributed by atoms with E-state index in [9.17, 15) is 18.3 Å². The Bertz CT molecular complexity index is 815. The van der Waals surface area contributed by atoms with Gasteiger partial charge in [0.2, 0.25) is 10.0 Å². The number of primary sulfonamides is 1. The summed E-state index contributed by atoms with van der Waals surface area (Å²) in [5.41, 5.74) is 1.18. The molecule has 3 N–H and O–H groups in total. The van der Waals surface area contributed by atoms with Crippen LogP contribution in [0.25, 0.3) is 0 Å².